The van der Waals surface area contributed by atoms with Gasteiger partial charge in [-0.05, 0) is 42.6 Å². The maximum Gasteiger partial charge on any atom is 0.162 e. The monoisotopic (exact) mass is 202 g/mol. The maximum absolute atomic E-state index is 12.2. The molecule has 0 aromatic rings. The molecule has 0 spiro atoms. The molecule has 3 aliphatic rings. The number of allylic oxidation sites excluding steroid dienone is 4. The average molecular weight is 202 g/mol. The van der Waals surface area contributed by atoms with Gasteiger partial charge in [-0.25, -0.2) is 0 Å². The van der Waals surface area contributed by atoms with Crippen molar-refractivity contribution in [2.24, 2.45) is 23.7 Å². The van der Waals surface area contributed by atoms with Crippen molar-refractivity contribution < 1.29 is 4.79 Å². The van der Waals surface area contributed by atoms with Gasteiger partial charge in [-0.1, -0.05) is 31.6 Å². The number of Topliss-reactive ketones (excluding diaryl/α,β-unsaturated/α-hetero) is 1. The molecule has 3 aliphatic carbocycles. The zero-order valence-corrected chi connectivity index (χ0v) is 9.28. The molecule has 0 aromatic carbocycles. The van der Waals surface area contributed by atoms with E-state index in [4.69, 9.17) is 0 Å². The van der Waals surface area contributed by atoms with Gasteiger partial charge in [0, 0.05) is 5.92 Å². The highest BCUT2D eigenvalue weighted by Gasteiger charge is 2.50. The topological polar surface area (TPSA) is 17.1 Å². The van der Waals surface area contributed by atoms with Crippen LogP contribution in [0.4, 0.5) is 0 Å². The molecule has 1 saturated carbocycles. The summed E-state index contributed by atoms with van der Waals surface area (Å²) in [7, 11) is 0. The minimum Gasteiger partial charge on any atom is -0.294 e. The summed E-state index contributed by atoms with van der Waals surface area (Å²) in [6.07, 6.45) is 11.5. The third-order valence-corrected chi connectivity index (χ3v) is 4.33. The van der Waals surface area contributed by atoms with Gasteiger partial charge in [0.2, 0.25) is 0 Å². The molecular weight excluding hydrogens is 184 g/mol. The van der Waals surface area contributed by atoms with E-state index in [-0.39, 0.29) is 0 Å². The predicted molar refractivity (Wildman–Crippen MR) is 60.3 cm³/mol. The van der Waals surface area contributed by atoms with Crippen LogP contribution >= 0.6 is 0 Å². The van der Waals surface area contributed by atoms with Crippen LogP contribution in [0.25, 0.3) is 0 Å². The average Bonchev–Trinajstić information content (AvgIpc) is 2.88. The lowest BCUT2D eigenvalue weighted by molar-refractivity contribution is -0.119. The van der Waals surface area contributed by atoms with E-state index in [0.717, 1.165) is 12.0 Å². The van der Waals surface area contributed by atoms with Gasteiger partial charge in [0.1, 0.15) is 0 Å². The van der Waals surface area contributed by atoms with Crippen LogP contribution < -0.4 is 0 Å². The fourth-order valence-electron chi connectivity index (χ4n) is 3.56. The van der Waals surface area contributed by atoms with Crippen molar-refractivity contribution in [2.75, 3.05) is 0 Å². The Balaban J connectivity index is 1.80. The summed E-state index contributed by atoms with van der Waals surface area (Å²) in [5.74, 6) is 2.64. The highest BCUT2D eigenvalue weighted by molar-refractivity contribution is 6.00. The zero-order valence-electron chi connectivity index (χ0n) is 9.28. The van der Waals surface area contributed by atoms with Crippen molar-refractivity contribution in [1.29, 1.82) is 0 Å². The van der Waals surface area contributed by atoms with Crippen LogP contribution in [-0.4, -0.2) is 5.78 Å². The molecule has 0 amide bonds. The van der Waals surface area contributed by atoms with E-state index in [9.17, 15) is 4.79 Å². The number of ketones is 1. The second kappa shape index (κ2) is 3.33. The van der Waals surface area contributed by atoms with E-state index < -0.39 is 0 Å². The van der Waals surface area contributed by atoms with Crippen LogP contribution in [-0.2, 0) is 4.79 Å². The van der Waals surface area contributed by atoms with E-state index in [1.54, 1.807) is 0 Å². The van der Waals surface area contributed by atoms with E-state index in [1.807, 2.05) is 0 Å². The molecule has 1 fully saturated rings. The number of carbonyl (C=O) groups excluding carboxylic acids is 1. The van der Waals surface area contributed by atoms with Crippen LogP contribution in [0.1, 0.15) is 32.6 Å². The molecule has 4 unspecified atom stereocenters. The van der Waals surface area contributed by atoms with E-state index >= 15 is 0 Å². The quantitative estimate of drug-likeness (QED) is 0.643. The fraction of sp³-hybridized carbons (Fsp3) is 0.643. The molecular formula is C14H18O. The van der Waals surface area contributed by atoms with Crippen molar-refractivity contribution in [3.05, 3.63) is 23.8 Å². The van der Waals surface area contributed by atoms with Crippen molar-refractivity contribution in [3.8, 4) is 0 Å². The Labute approximate surface area is 91.2 Å². The largest absolute Gasteiger partial charge is 0.294 e. The molecule has 4 atom stereocenters. The molecule has 0 N–H and O–H groups in total. The van der Waals surface area contributed by atoms with Gasteiger partial charge in [0.05, 0.1) is 0 Å². The number of carbonyl (C=O) groups is 1. The number of unbranched alkanes of at least 4 members (excludes halogenated alkanes) is 1. The summed E-state index contributed by atoms with van der Waals surface area (Å²) in [5, 5.41) is 0. The Morgan fingerprint density at radius 1 is 1.33 bits per heavy atom. The molecule has 80 valence electrons. The van der Waals surface area contributed by atoms with Gasteiger partial charge >= 0.3 is 0 Å². The van der Waals surface area contributed by atoms with Gasteiger partial charge in [-0.15, -0.1) is 0 Å². The Morgan fingerprint density at radius 2 is 2.13 bits per heavy atom. The highest BCUT2D eigenvalue weighted by Crippen LogP contribution is 2.53. The molecule has 0 aliphatic heterocycles. The van der Waals surface area contributed by atoms with Crippen molar-refractivity contribution in [3.63, 3.8) is 0 Å². The molecule has 2 bridgehead atoms. The van der Waals surface area contributed by atoms with E-state index in [0.29, 0.717) is 29.5 Å². The second-order valence-electron chi connectivity index (χ2n) is 5.21. The molecule has 3 rings (SSSR count). The molecule has 0 heterocycles. The summed E-state index contributed by atoms with van der Waals surface area (Å²) in [6.45, 7) is 2.19. The standard InChI is InChI=1S/C14H18O/c1-2-3-4-11-8-12-9-5-6-10(7-9)13(12)14(11)15/h5-6,8-10,12-13H,2-4,7H2,1H3. The van der Waals surface area contributed by atoms with Gasteiger partial charge < -0.3 is 0 Å². The number of hydrogen-bond donors (Lipinski definition) is 0. The smallest absolute Gasteiger partial charge is 0.162 e. The lowest BCUT2D eigenvalue weighted by Crippen LogP contribution is -2.21. The zero-order chi connectivity index (χ0) is 10.4. The van der Waals surface area contributed by atoms with Crippen molar-refractivity contribution >= 4 is 5.78 Å². The van der Waals surface area contributed by atoms with Crippen molar-refractivity contribution in [2.45, 2.75) is 32.6 Å². The molecule has 1 nitrogen and oxygen atoms in total. The van der Waals surface area contributed by atoms with Gasteiger partial charge in [0.15, 0.2) is 5.78 Å². The normalized spacial score (nSPS) is 41.1. The van der Waals surface area contributed by atoms with Crippen LogP contribution in [0.15, 0.2) is 23.8 Å². The minimum atomic E-state index is 0.340. The SMILES string of the molecule is CCCCC1=CC2C3C=CC(C3)C2C1=O. The Kier molecular flexibility index (Phi) is 2.08. The lowest BCUT2D eigenvalue weighted by Gasteiger charge is -2.17. The number of rotatable bonds is 3. The van der Waals surface area contributed by atoms with Crippen LogP contribution in [0.3, 0.4) is 0 Å². The summed E-state index contributed by atoms with van der Waals surface area (Å²) in [5.41, 5.74) is 1.14. The van der Waals surface area contributed by atoms with E-state index in [1.165, 1.54) is 19.3 Å². The van der Waals surface area contributed by atoms with Gasteiger partial charge in [0.25, 0.3) is 0 Å². The Hall–Kier alpha value is -0.850. The number of fused-ring (bicyclic) bond motifs is 5. The molecule has 15 heavy (non-hydrogen) atoms. The first-order valence-corrected chi connectivity index (χ1v) is 6.24. The first-order chi connectivity index (χ1) is 7.31. The van der Waals surface area contributed by atoms with Crippen molar-refractivity contribution in [1.82, 2.24) is 0 Å². The van der Waals surface area contributed by atoms with Crippen LogP contribution in [0, 0.1) is 23.7 Å². The Morgan fingerprint density at radius 3 is 2.87 bits per heavy atom. The fourth-order valence-corrected chi connectivity index (χ4v) is 3.56. The summed E-state index contributed by atoms with van der Waals surface area (Å²) >= 11 is 0. The lowest BCUT2D eigenvalue weighted by atomic mass is 9.85. The number of hydrogen-bond acceptors (Lipinski definition) is 1. The second-order valence-corrected chi connectivity index (χ2v) is 5.21. The molecule has 1 heteroatoms. The summed E-state index contributed by atoms with van der Waals surface area (Å²) in [6, 6.07) is 0. The highest BCUT2D eigenvalue weighted by atomic mass is 16.1. The maximum atomic E-state index is 12.2. The summed E-state index contributed by atoms with van der Waals surface area (Å²) in [4.78, 5) is 12.2. The van der Waals surface area contributed by atoms with Gasteiger partial charge in [-0.3, -0.25) is 4.79 Å². The first-order valence-electron chi connectivity index (χ1n) is 6.24. The summed E-state index contributed by atoms with van der Waals surface area (Å²) < 4.78 is 0. The molecule has 0 radical (unpaired) electrons. The van der Waals surface area contributed by atoms with Crippen LogP contribution in [0.2, 0.25) is 0 Å². The predicted octanol–water partition coefficient (Wildman–Crippen LogP) is 3.12. The third kappa shape index (κ3) is 1.25. The van der Waals surface area contributed by atoms with Crippen LogP contribution in [0.5, 0.6) is 0 Å². The molecule has 0 aromatic heterocycles. The molecule has 0 saturated heterocycles. The third-order valence-electron chi connectivity index (χ3n) is 4.33. The minimum absolute atomic E-state index is 0.340. The Bertz CT molecular complexity index is 350. The first kappa shape index (κ1) is 9.38. The van der Waals surface area contributed by atoms with E-state index in [2.05, 4.69) is 25.2 Å². The van der Waals surface area contributed by atoms with Gasteiger partial charge in [-0.2, -0.15) is 0 Å².